The Hall–Kier alpha value is -1.89. The van der Waals surface area contributed by atoms with Crippen LogP contribution < -0.4 is 0 Å². The Kier molecular flexibility index (Phi) is 17.3. The summed E-state index contributed by atoms with van der Waals surface area (Å²) in [4.78, 5) is 12.7. The molecule has 9 heteroatoms. The van der Waals surface area contributed by atoms with E-state index in [-0.39, 0.29) is 0 Å². The summed E-state index contributed by atoms with van der Waals surface area (Å²) < 4.78 is 3.97. The molecule has 0 saturated carbocycles. The monoisotopic (exact) mass is 887 g/mol. The van der Waals surface area contributed by atoms with Gasteiger partial charge in [0.25, 0.3) is 0 Å². The Morgan fingerprint density at radius 1 is 0.723 bits per heavy atom. The van der Waals surface area contributed by atoms with E-state index in [0.717, 1.165) is 27.6 Å². The van der Waals surface area contributed by atoms with Gasteiger partial charge in [-0.25, -0.2) is 0 Å². The molecule has 0 bridgehead atoms. The average Bonchev–Trinajstić information content (AvgIpc) is 3.47. The number of allylic oxidation sites excluding steroid dienone is 8. The topological polar surface area (TPSA) is 32.3 Å². The number of halogens is 4. The van der Waals surface area contributed by atoms with E-state index in [9.17, 15) is 0 Å². The number of hydrogen-bond donors (Lipinski definition) is 0. The van der Waals surface area contributed by atoms with Crippen LogP contribution in [0.2, 0.25) is 0 Å². The van der Waals surface area contributed by atoms with Crippen LogP contribution in [0.4, 0.5) is 0 Å². The van der Waals surface area contributed by atoms with Crippen molar-refractivity contribution in [1.29, 1.82) is 0 Å². The van der Waals surface area contributed by atoms with Crippen LogP contribution in [0.15, 0.2) is 134 Å². The van der Waals surface area contributed by atoms with Gasteiger partial charge in [-0.2, -0.15) is 6.67 Å². The Morgan fingerprint density at radius 3 is 1.49 bits per heavy atom. The summed E-state index contributed by atoms with van der Waals surface area (Å²) in [6.45, 7) is 18.4. The van der Waals surface area contributed by atoms with Crippen LogP contribution in [0.25, 0.3) is 0 Å². The van der Waals surface area contributed by atoms with Crippen molar-refractivity contribution in [3.05, 3.63) is 146 Å². The van der Waals surface area contributed by atoms with E-state index >= 15 is 0 Å². The molecule has 254 valence electrons. The molecule has 3 aliphatic rings. The zero-order chi connectivity index (χ0) is 34.3. The Balaban J connectivity index is 0.000000204. The normalized spacial score (nSPS) is 19.2. The van der Waals surface area contributed by atoms with Crippen LogP contribution in [0.3, 0.4) is 0 Å². The number of hydrogen-bond acceptors (Lipinski definition) is 4. The quantitative estimate of drug-likeness (QED) is 0.194. The first kappa shape index (κ1) is 39.6. The predicted molar refractivity (Wildman–Crippen MR) is 205 cm³/mol. The molecule has 2 aliphatic carbocycles. The fourth-order valence-electron chi connectivity index (χ4n) is 6.12. The van der Waals surface area contributed by atoms with E-state index in [1.165, 1.54) is 46.5 Å². The van der Waals surface area contributed by atoms with E-state index in [4.69, 9.17) is 19.4 Å². The van der Waals surface area contributed by atoms with Crippen LogP contribution in [0.5, 0.6) is 0 Å². The Labute approximate surface area is 312 Å². The fourth-order valence-corrected chi connectivity index (χ4v) is 8.49. The molecule has 2 atom stereocenters. The molecule has 3 heterocycles. The second-order valence-corrected chi connectivity index (χ2v) is 19.4. The number of rotatable bonds is 3. The first-order chi connectivity index (χ1) is 22.4. The van der Waals surface area contributed by atoms with Crippen molar-refractivity contribution in [2.24, 2.45) is 11.8 Å². The summed E-state index contributed by atoms with van der Waals surface area (Å²) in [5, 5.41) is 0. The van der Waals surface area contributed by atoms with Gasteiger partial charge < -0.3 is 9.80 Å². The van der Waals surface area contributed by atoms with E-state index in [1.54, 1.807) is 24.8 Å². The van der Waals surface area contributed by atoms with Gasteiger partial charge in [0.1, 0.15) is 0 Å². The summed E-state index contributed by atoms with van der Waals surface area (Å²) in [5.41, 5.74) is 10.1. The van der Waals surface area contributed by atoms with Crippen molar-refractivity contribution >= 4 is 55.9 Å². The SMILES string of the molecule is Brc1cccnc1.Brc1cccnc1.CC1=CC(C)=C(N2[CH-]N(C3=C(C)C=C(C)CC3C)CC2)C(C)C1.[Cl][Ru]([Cl])=[CH]c1ccccc1. The van der Waals surface area contributed by atoms with Gasteiger partial charge in [-0.05, 0) is 131 Å². The average molecular weight is 890 g/mol. The second-order valence-electron chi connectivity index (χ2n) is 11.9. The summed E-state index contributed by atoms with van der Waals surface area (Å²) in [6, 6.07) is 17.5. The van der Waals surface area contributed by atoms with Crippen molar-refractivity contribution in [3.63, 3.8) is 0 Å². The molecule has 0 amide bonds. The van der Waals surface area contributed by atoms with Crippen molar-refractivity contribution in [2.45, 2.75) is 54.4 Å². The first-order valence-electron chi connectivity index (χ1n) is 15.6. The van der Waals surface area contributed by atoms with Crippen LogP contribution in [0.1, 0.15) is 59.9 Å². The molecule has 2 unspecified atom stereocenters. The molecule has 0 spiro atoms. The summed E-state index contributed by atoms with van der Waals surface area (Å²) >= 11 is 4.88. The van der Waals surface area contributed by atoms with Gasteiger partial charge in [-0.1, -0.05) is 37.1 Å². The van der Waals surface area contributed by atoms with Crippen molar-refractivity contribution in [1.82, 2.24) is 19.8 Å². The molecular formula is C38H45Br2Cl2N4Ru-. The Bertz CT molecular complexity index is 1480. The number of nitrogens with zero attached hydrogens (tertiary/aromatic N) is 4. The summed E-state index contributed by atoms with van der Waals surface area (Å²) in [5.74, 6) is 1.24. The van der Waals surface area contributed by atoms with Crippen LogP contribution in [-0.4, -0.2) is 37.5 Å². The molecule has 1 aliphatic heterocycles. The van der Waals surface area contributed by atoms with Gasteiger partial charge in [0.2, 0.25) is 0 Å². The molecule has 1 saturated heterocycles. The predicted octanol–water partition coefficient (Wildman–Crippen LogP) is 11.7. The minimum atomic E-state index is -1.61. The van der Waals surface area contributed by atoms with E-state index < -0.39 is 13.5 Å². The van der Waals surface area contributed by atoms with Crippen molar-refractivity contribution in [3.8, 4) is 0 Å². The van der Waals surface area contributed by atoms with Crippen molar-refractivity contribution < 1.29 is 13.5 Å². The number of aromatic nitrogens is 2. The van der Waals surface area contributed by atoms with Crippen LogP contribution in [-0.2, 0) is 13.5 Å². The summed E-state index contributed by atoms with van der Waals surface area (Å²) in [7, 11) is 11.3. The first-order valence-corrected chi connectivity index (χ1v) is 22.6. The van der Waals surface area contributed by atoms with Crippen LogP contribution in [0, 0.1) is 18.5 Å². The van der Waals surface area contributed by atoms with Gasteiger partial charge in [-0.15, -0.1) is 0 Å². The number of benzene rings is 1. The summed E-state index contributed by atoms with van der Waals surface area (Å²) in [6.07, 6.45) is 14.1. The minimum absolute atomic E-state index is 0.622. The van der Waals surface area contributed by atoms with Gasteiger partial charge in [0.05, 0.1) is 0 Å². The van der Waals surface area contributed by atoms with Gasteiger partial charge in [-0.3, -0.25) is 9.97 Å². The second kappa shape index (κ2) is 20.6. The molecule has 1 fully saturated rings. The zero-order valence-electron chi connectivity index (χ0n) is 28.0. The number of pyridine rings is 2. The molecule has 1 aromatic carbocycles. The molecule has 2 aromatic heterocycles. The molecule has 0 radical (unpaired) electrons. The van der Waals surface area contributed by atoms with E-state index in [2.05, 4.69) is 112 Å². The standard InChI is InChI=1S/C21H31N2.C7H6.2C5H4BrN.2ClH.Ru/c1-14-9-16(3)20(17(4)10-14)22-7-8-23(13-22)21-18(5)11-15(2)12-19(21)6;1-7-5-3-2-4-6-7;2*6-5-2-1-3-7-4-5;;;/h9,11,13,17,19H,7-8,10,12H2,1-6H3;1-6H;2*1-4H;2*1H;/q-1;;;;;;+2/p-2. The molecule has 4 nitrogen and oxygen atoms in total. The van der Waals surface area contributed by atoms with Gasteiger partial charge in [0, 0.05) is 46.8 Å². The van der Waals surface area contributed by atoms with Crippen molar-refractivity contribution in [2.75, 3.05) is 13.1 Å². The van der Waals surface area contributed by atoms with Crippen LogP contribution >= 0.6 is 51.2 Å². The molecule has 6 rings (SSSR count). The maximum atomic E-state index is 5.67. The third kappa shape index (κ3) is 13.9. The fraction of sp³-hybridized carbons (Fsp3) is 0.316. The Morgan fingerprint density at radius 2 is 1.17 bits per heavy atom. The third-order valence-electron chi connectivity index (χ3n) is 7.65. The molecular weight excluding hydrogens is 844 g/mol. The van der Waals surface area contributed by atoms with Gasteiger partial charge >= 0.3 is 73.4 Å². The van der Waals surface area contributed by atoms with Gasteiger partial charge in [0.15, 0.2) is 0 Å². The molecule has 3 aromatic rings. The molecule has 47 heavy (non-hydrogen) atoms. The molecule has 0 N–H and O–H groups in total. The van der Waals surface area contributed by atoms with E-state index in [0.29, 0.717) is 11.8 Å². The maximum absolute atomic E-state index is 5.67. The van der Waals surface area contributed by atoms with E-state index in [1.807, 2.05) is 59.2 Å². The third-order valence-corrected chi connectivity index (χ3v) is 10.5. The zero-order valence-corrected chi connectivity index (χ0v) is 34.4.